The van der Waals surface area contributed by atoms with Crippen molar-refractivity contribution in [2.45, 2.75) is 25.2 Å². The average Bonchev–Trinajstić information content (AvgIpc) is 2.86. The monoisotopic (exact) mass is 178 g/mol. The molecule has 13 heavy (non-hydrogen) atoms. The van der Waals surface area contributed by atoms with Gasteiger partial charge in [-0.15, -0.1) is 0 Å². The molecule has 1 saturated carbocycles. The largest absolute Gasteiger partial charge is 0.304 e. The highest BCUT2D eigenvalue weighted by atomic mass is 16.6. The van der Waals surface area contributed by atoms with Gasteiger partial charge in [0, 0.05) is 17.3 Å². The van der Waals surface area contributed by atoms with Crippen LogP contribution >= 0.6 is 0 Å². The molecular formula is C10H14N2O. The van der Waals surface area contributed by atoms with Crippen molar-refractivity contribution in [3.63, 3.8) is 0 Å². The van der Waals surface area contributed by atoms with Gasteiger partial charge >= 0.3 is 0 Å². The zero-order valence-corrected chi connectivity index (χ0v) is 7.79. The molecule has 3 heteroatoms. The van der Waals surface area contributed by atoms with Crippen molar-refractivity contribution in [3.05, 3.63) is 29.6 Å². The van der Waals surface area contributed by atoms with Crippen molar-refractivity contribution >= 4 is 0 Å². The van der Waals surface area contributed by atoms with E-state index in [1.807, 2.05) is 12.3 Å². The fourth-order valence-electron chi connectivity index (χ4n) is 1.61. The summed E-state index contributed by atoms with van der Waals surface area (Å²) < 4.78 is 0. The highest BCUT2D eigenvalue weighted by molar-refractivity contribution is 5.27. The highest BCUT2D eigenvalue weighted by Gasteiger charge is 2.45. The molecule has 2 N–H and O–H groups in total. The average molecular weight is 178 g/mol. The Kier molecular flexibility index (Phi) is 2.06. The molecule has 0 amide bonds. The molecule has 0 saturated heterocycles. The number of pyridine rings is 1. The summed E-state index contributed by atoms with van der Waals surface area (Å²) in [4.78, 5) is 9.08. The molecule has 1 aliphatic rings. The maximum Gasteiger partial charge on any atom is 0.0791 e. The molecular weight excluding hydrogens is 164 g/mol. The Labute approximate surface area is 77.9 Å². The van der Waals surface area contributed by atoms with E-state index >= 15 is 0 Å². The molecule has 1 heterocycles. The van der Waals surface area contributed by atoms with E-state index < -0.39 is 0 Å². The molecule has 2 rings (SSSR count). The quantitative estimate of drug-likeness (QED) is 0.710. The molecule has 0 radical (unpaired) electrons. The van der Waals surface area contributed by atoms with Crippen molar-refractivity contribution in [3.8, 4) is 0 Å². The molecule has 0 bridgehead atoms. The van der Waals surface area contributed by atoms with Crippen LogP contribution in [0.3, 0.4) is 0 Å². The molecule has 1 aromatic rings. The van der Waals surface area contributed by atoms with E-state index in [0.717, 1.165) is 18.5 Å². The first-order valence-corrected chi connectivity index (χ1v) is 4.52. The first-order chi connectivity index (χ1) is 6.27. The van der Waals surface area contributed by atoms with Gasteiger partial charge in [0.2, 0.25) is 0 Å². The van der Waals surface area contributed by atoms with Crippen LogP contribution in [-0.4, -0.2) is 11.6 Å². The van der Waals surface area contributed by atoms with E-state index in [4.69, 9.17) is 10.7 Å². The fraction of sp³-hybridized carbons (Fsp3) is 0.500. The van der Waals surface area contributed by atoms with Crippen molar-refractivity contribution in [1.82, 2.24) is 4.98 Å². The second-order valence-corrected chi connectivity index (χ2v) is 3.81. The first kappa shape index (κ1) is 8.66. The van der Waals surface area contributed by atoms with Crippen LogP contribution in [0.4, 0.5) is 0 Å². The van der Waals surface area contributed by atoms with Crippen LogP contribution in [0.15, 0.2) is 18.3 Å². The Morgan fingerprint density at radius 2 is 2.38 bits per heavy atom. The lowest BCUT2D eigenvalue weighted by Gasteiger charge is -2.12. The topological polar surface area (TPSA) is 48.1 Å². The minimum Gasteiger partial charge on any atom is -0.304 e. The van der Waals surface area contributed by atoms with Crippen molar-refractivity contribution in [2.75, 3.05) is 6.61 Å². The molecule has 70 valence electrons. The zero-order valence-electron chi connectivity index (χ0n) is 7.79. The summed E-state index contributed by atoms with van der Waals surface area (Å²) in [6, 6.07) is 4.12. The lowest BCUT2D eigenvalue weighted by Crippen LogP contribution is -2.19. The normalized spacial score (nSPS) is 18.6. The molecule has 1 aromatic heterocycles. The zero-order chi connectivity index (χ0) is 9.31. The van der Waals surface area contributed by atoms with Crippen molar-refractivity contribution < 1.29 is 4.84 Å². The van der Waals surface area contributed by atoms with Gasteiger partial charge in [0.1, 0.15) is 0 Å². The number of rotatable bonds is 3. The van der Waals surface area contributed by atoms with E-state index in [-0.39, 0.29) is 5.41 Å². The van der Waals surface area contributed by atoms with Gasteiger partial charge in [-0.05, 0) is 37.5 Å². The Morgan fingerprint density at radius 3 is 2.92 bits per heavy atom. The number of nitrogens with zero attached hydrogens (tertiary/aromatic N) is 1. The predicted molar refractivity (Wildman–Crippen MR) is 50.0 cm³/mol. The highest BCUT2D eigenvalue weighted by Crippen LogP contribution is 2.47. The Balaban J connectivity index is 2.25. The van der Waals surface area contributed by atoms with Crippen LogP contribution in [-0.2, 0) is 10.3 Å². The number of hydrogen-bond donors (Lipinski definition) is 1. The van der Waals surface area contributed by atoms with Gasteiger partial charge in [0.05, 0.1) is 6.61 Å². The van der Waals surface area contributed by atoms with Crippen LogP contribution in [0, 0.1) is 6.92 Å². The van der Waals surface area contributed by atoms with Crippen LogP contribution < -0.4 is 5.90 Å². The third kappa shape index (κ3) is 1.57. The van der Waals surface area contributed by atoms with Crippen LogP contribution in [0.2, 0.25) is 0 Å². The minimum atomic E-state index is 0.126. The second kappa shape index (κ2) is 3.09. The standard InChI is InChI=1S/C10H14N2O/c1-8-2-5-12-9(6-8)10(3-4-10)7-13-11/h2,5-6H,3-4,7,11H2,1H3. The summed E-state index contributed by atoms with van der Waals surface area (Å²) in [6.45, 7) is 2.66. The third-order valence-electron chi connectivity index (χ3n) is 2.67. The number of nitrogens with two attached hydrogens (primary N) is 1. The summed E-state index contributed by atoms with van der Waals surface area (Å²) in [6.07, 6.45) is 4.13. The SMILES string of the molecule is Cc1ccnc(C2(CON)CC2)c1. The van der Waals surface area contributed by atoms with Crippen LogP contribution in [0.25, 0.3) is 0 Å². The van der Waals surface area contributed by atoms with E-state index in [0.29, 0.717) is 6.61 Å². The fourth-order valence-corrected chi connectivity index (χ4v) is 1.61. The van der Waals surface area contributed by atoms with E-state index in [1.54, 1.807) is 0 Å². The van der Waals surface area contributed by atoms with Gasteiger partial charge in [0.25, 0.3) is 0 Å². The van der Waals surface area contributed by atoms with Crippen molar-refractivity contribution in [2.24, 2.45) is 5.90 Å². The van der Waals surface area contributed by atoms with E-state index in [1.165, 1.54) is 5.56 Å². The summed E-state index contributed by atoms with van der Waals surface area (Å²) in [5, 5.41) is 0. The minimum absolute atomic E-state index is 0.126. The lowest BCUT2D eigenvalue weighted by molar-refractivity contribution is 0.115. The summed E-state index contributed by atoms with van der Waals surface area (Å²) >= 11 is 0. The van der Waals surface area contributed by atoms with Crippen LogP contribution in [0.5, 0.6) is 0 Å². The summed E-state index contributed by atoms with van der Waals surface area (Å²) in [5.74, 6) is 5.10. The number of aryl methyl sites for hydroxylation is 1. The molecule has 1 aliphatic carbocycles. The Morgan fingerprint density at radius 1 is 1.62 bits per heavy atom. The molecule has 0 unspecified atom stereocenters. The van der Waals surface area contributed by atoms with Gasteiger partial charge in [-0.3, -0.25) is 4.98 Å². The smallest absolute Gasteiger partial charge is 0.0791 e. The number of aromatic nitrogens is 1. The van der Waals surface area contributed by atoms with E-state index in [9.17, 15) is 0 Å². The molecule has 0 spiro atoms. The molecule has 1 fully saturated rings. The number of hydrogen-bond acceptors (Lipinski definition) is 3. The molecule has 0 aromatic carbocycles. The third-order valence-corrected chi connectivity index (χ3v) is 2.67. The van der Waals surface area contributed by atoms with Gasteiger partial charge in [-0.2, -0.15) is 0 Å². The van der Waals surface area contributed by atoms with Gasteiger partial charge in [-0.1, -0.05) is 0 Å². The first-order valence-electron chi connectivity index (χ1n) is 4.52. The molecule has 3 nitrogen and oxygen atoms in total. The van der Waals surface area contributed by atoms with Gasteiger partial charge in [0.15, 0.2) is 0 Å². The van der Waals surface area contributed by atoms with Gasteiger partial charge < -0.3 is 4.84 Å². The summed E-state index contributed by atoms with van der Waals surface area (Å²) in [5.41, 5.74) is 2.49. The molecule has 0 atom stereocenters. The Hall–Kier alpha value is -0.930. The maximum absolute atomic E-state index is 5.10. The van der Waals surface area contributed by atoms with E-state index in [2.05, 4.69) is 18.0 Å². The predicted octanol–water partition coefficient (Wildman–Crippen LogP) is 1.31. The summed E-state index contributed by atoms with van der Waals surface area (Å²) in [7, 11) is 0. The van der Waals surface area contributed by atoms with Crippen LogP contribution in [0.1, 0.15) is 24.1 Å². The Bertz CT molecular complexity index is 308. The maximum atomic E-state index is 5.10. The van der Waals surface area contributed by atoms with Crippen molar-refractivity contribution in [1.29, 1.82) is 0 Å². The lowest BCUT2D eigenvalue weighted by atomic mass is 10.0. The van der Waals surface area contributed by atoms with Gasteiger partial charge in [-0.25, -0.2) is 5.90 Å². The molecule has 0 aliphatic heterocycles. The second-order valence-electron chi connectivity index (χ2n) is 3.81.